The first-order valence-corrected chi connectivity index (χ1v) is 6.95. The van der Waals surface area contributed by atoms with Crippen LogP contribution < -0.4 is 14.8 Å². The van der Waals surface area contributed by atoms with Crippen molar-refractivity contribution in [3.05, 3.63) is 41.2 Å². The highest BCUT2D eigenvalue weighted by atomic mass is 16.5. The molecule has 0 aliphatic rings. The molecule has 112 valence electrons. The van der Waals surface area contributed by atoms with Crippen molar-refractivity contribution in [1.29, 1.82) is 0 Å². The molecule has 0 radical (unpaired) electrons. The van der Waals surface area contributed by atoms with Crippen molar-refractivity contribution in [2.24, 2.45) is 0 Å². The predicted molar refractivity (Wildman–Crippen MR) is 83.0 cm³/mol. The summed E-state index contributed by atoms with van der Waals surface area (Å²) in [6, 6.07) is 6.30. The summed E-state index contributed by atoms with van der Waals surface area (Å²) >= 11 is 0. The standard InChI is InChI=1S/C16H21N3O2/c1-5-12-8-6-7-11(2)14(12)17-9-13-15(20-3)18-10-19-16(13)21-4/h6-8,10,17H,5,9H2,1-4H3. The molecule has 1 aromatic carbocycles. The van der Waals surface area contributed by atoms with Crippen LogP contribution in [0.1, 0.15) is 23.6 Å². The van der Waals surface area contributed by atoms with E-state index in [0.717, 1.165) is 17.7 Å². The van der Waals surface area contributed by atoms with Crippen LogP contribution in [0.15, 0.2) is 24.5 Å². The van der Waals surface area contributed by atoms with Crippen LogP contribution in [0.4, 0.5) is 5.69 Å². The van der Waals surface area contributed by atoms with Crippen LogP contribution in [-0.4, -0.2) is 24.2 Å². The van der Waals surface area contributed by atoms with Crippen LogP contribution in [0.25, 0.3) is 0 Å². The Kier molecular flexibility index (Phi) is 4.98. The molecule has 0 aliphatic carbocycles. The van der Waals surface area contributed by atoms with Crippen molar-refractivity contribution >= 4 is 5.69 Å². The van der Waals surface area contributed by atoms with Crippen molar-refractivity contribution in [2.75, 3.05) is 19.5 Å². The van der Waals surface area contributed by atoms with Crippen LogP contribution >= 0.6 is 0 Å². The zero-order valence-corrected chi connectivity index (χ0v) is 12.9. The van der Waals surface area contributed by atoms with Gasteiger partial charge in [-0.2, -0.15) is 0 Å². The van der Waals surface area contributed by atoms with E-state index in [1.54, 1.807) is 14.2 Å². The number of nitrogens with one attached hydrogen (secondary N) is 1. The smallest absolute Gasteiger partial charge is 0.225 e. The zero-order valence-electron chi connectivity index (χ0n) is 12.9. The average molecular weight is 287 g/mol. The number of hydrogen-bond acceptors (Lipinski definition) is 5. The van der Waals surface area contributed by atoms with Crippen molar-refractivity contribution in [2.45, 2.75) is 26.8 Å². The van der Waals surface area contributed by atoms with Gasteiger partial charge in [0.2, 0.25) is 11.8 Å². The molecule has 2 aromatic rings. The lowest BCUT2D eigenvalue weighted by Crippen LogP contribution is -2.08. The minimum Gasteiger partial charge on any atom is -0.481 e. The first-order chi connectivity index (χ1) is 10.2. The van der Waals surface area contributed by atoms with Crippen molar-refractivity contribution in [3.8, 4) is 11.8 Å². The lowest BCUT2D eigenvalue weighted by molar-refractivity contribution is 0.363. The zero-order chi connectivity index (χ0) is 15.2. The Hall–Kier alpha value is -2.30. The average Bonchev–Trinajstić information content (AvgIpc) is 2.53. The Morgan fingerprint density at radius 1 is 1.10 bits per heavy atom. The highest BCUT2D eigenvalue weighted by Crippen LogP contribution is 2.27. The van der Waals surface area contributed by atoms with Gasteiger partial charge in [-0.1, -0.05) is 25.1 Å². The number of aryl methyl sites for hydroxylation is 2. The molecule has 1 N–H and O–H groups in total. The van der Waals surface area contributed by atoms with E-state index >= 15 is 0 Å². The van der Waals surface area contributed by atoms with Gasteiger partial charge in [-0.05, 0) is 24.5 Å². The third kappa shape index (κ3) is 3.24. The molecular formula is C16H21N3O2. The fourth-order valence-electron chi connectivity index (χ4n) is 2.34. The fourth-order valence-corrected chi connectivity index (χ4v) is 2.34. The van der Waals surface area contributed by atoms with E-state index in [-0.39, 0.29) is 0 Å². The number of nitrogens with zero attached hydrogens (tertiary/aromatic N) is 2. The topological polar surface area (TPSA) is 56.3 Å². The molecule has 0 bridgehead atoms. The molecule has 5 heteroatoms. The van der Waals surface area contributed by atoms with Gasteiger partial charge < -0.3 is 14.8 Å². The second kappa shape index (κ2) is 6.92. The summed E-state index contributed by atoms with van der Waals surface area (Å²) in [6.07, 6.45) is 2.41. The molecule has 0 saturated carbocycles. The van der Waals surface area contributed by atoms with E-state index < -0.39 is 0 Å². The monoisotopic (exact) mass is 287 g/mol. The van der Waals surface area contributed by atoms with Crippen molar-refractivity contribution in [3.63, 3.8) is 0 Å². The van der Waals surface area contributed by atoms with Gasteiger partial charge in [0.25, 0.3) is 0 Å². The summed E-state index contributed by atoms with van der Waals surface area (Å²) in [7, 11) is 3.19. The van der Waals surface area contributed by atoms with E-state index in [9.17, 15) is 0 Å². The molecule has 2 rings (SSSR count). The van der Waals surface area contributed by atoms with Gasteiger partial charge in [0.15, 0.2) is 0 Å². The fraction of sp³-hybridized carbons (Fsp3) is 0.375. The Bertz CT molecular complexity index is 592. The summed E-state index contributed by atoms with van der Waals surface area (Å²) in [5.41, 5.74) is 4.45. The van der Waals surface area contributed by atoms with E-state index in [1.807, 2.05) is 0 Å². The Labute approximate surface area is 125 Å². The Morgan fingerprint density at radius 2 is 1.76 bits per heavy atom. The number of aromatic nitrogens is 2. The third-order valence-electron chi connectivity index (χ3n) is 3.43. The van der Waals surface area contributed by atoms with Gasteiger partial charge >= 0.3 is 0 Å². The predicted octanol–water partition coefficient (Wildman–Crippen LogP) is 2.98. The maximum atomic E-state index is 5.29. The molecule has 0 amide bonds. The van der Waals surface area contributed by atoms with Gasteiger partial charge in [0.05, 0.1) is 26.3 Å². The van der Waals surface area contributed by atoms with Gasteiger partial charge in [-0.15, -0.1) is 0 Å². The number of rotatable bonds is 6. The molecule has 0 aliphatic heterocycles. The summed E-state index contributed by atoms with van der Waals surface area (Å²) in [5.74, 6) is 1.06. The lowest BCUT2D eigenvalue weighted by atomic mass is 10.1. The molecule has 0 unspecified atom stereocenters. The molecular weight excluding hydrogens is 266 g/mol. The van der Waals surface area contributed by atoms with Crippen LogP contribution in [0, 0.1) is 6.92 Å². The minimum atomic E-state index is 0.529. The number of ether oxygens (including phenoxy) is 2. The molecule has 0 fully saturated rings. The van der Waals surface area contributed by atoms with Crippen LogP contribution in [0.3, 0.4) is 0 Å². The minimum absolute atomic E-state index is 0.529. The normalized spacial score (nSPS) is 10.3. The number of para-hydroxylation sites is 1. The van der Waals surface area contributed by atoms with Crippen molar-refractivity contribution in [1.82, 2.24) is 9.97 Å². The lowest BCUT2D eigenvalue weighted by Gasteiger charge is -2.16. The third-order valence-corrected chi connectivity index (χ3v) is 3.43. The largest absolute Gasteiger partial charge is 0.481 e. The highest BCUT2D eigenvalue weighted by molar-refractivity contribution is 5.58. The maximum Gasteiger partial charge on any atom is 0.225 e. The Balaban J connectivity index is 2.28. The number of hydrogen-bond donors (Lipinski definition) is 1. The van der Waals surface area contributed by atoms with Crippen molar-refractivity contribution < 1.29 is 9.47 Å². The second-order valence-corrected chi connectivity index (χ2v) is 4.69. The van der Waals surface area contributed by atoms with Gasteiger partial charge in [-0.25, -0.2) is 9.97 Å². The SMILES string of the molecule is CCc1cccc(C)c1NCc1c(OC)ncnc1OC. The summed E-state index contributed by atoms with van der Waals surface area (Å²) in [5, 5.41) is 3.46. The van der Waals surface area contributed by atoms with Gasteiger partial charge in [0.1, 0.15) is 6.33 Å². The molecule has 1 aromatic heterocycles. The molecule has 0 saturated heterocycles. The van der Waals surface area contributed by atoms with E-state index in [2.05, 4.69) is 47.3 Å². The summed E-state index contributed by atoms with van der Waals surface area (Å²) in [4.78, 5) is 8.26. The first-order valence-electron chi connectivity index (χ1n) is 6.95. The molecule has 1 heterocycles. The van der Waals surface area contributed by atoms with Crippen LogP contribution in [0.2, 0.25) is 0 Å². The van der Waals surface area contributed by atoms with Crippen LogP contribution in [-0.2, 0) is 13.0 Å². The number of benzene rings is 1. The summed E-state index contributed by atoms with van der Waals surface area (Å²) in [6.45, 7) is 4.79. The second-order valence-electron chi connectivity index (χ2n) is 4.69. The molecule has 5 nitrogen and oxygen atoms in total. The molecule has 21 heavy (non-hydrogen) atoms. The van der Waals surface area contributed by atoms with Gasteiger partial charge in [0, 0.05) is 5.69 Å². The van der Waals surface area contributed by atoms with E-state index in [4.69, 9.17) is 9.47 Å². The number of anilines is 1. The highest BCUT2D eigenvalue weighted by Gasteiger charge is 2.13. The first kappa shape index (κ1) is 15.1. The maximum absolute atomic E-state index is 5.29. The molecule has 0 spiro atoms. The quantitative estimate of drug-likeness (QED) is 0.885. The van der Waals surface area contributed by atoms with E-state index in [0.29, 0.717) is 18.3 Å². The van der Waals surface area contributed by atoms with Crippen LogP contribution in [0.5, 0.6) is 11.8 Å². The number of methoxy groups -OCH3 is 2. The van der Waals surface area contributed by atoms with E-state index in [1.165, 1.54) is 17.5 Å². The van der Waals surface area contributed by atoms with Gasteiger partial charge in [-0.3, -0.25) is 0 Å². The summed E-state index contributed by atoms with van der Waals surface area (Å²) < 4.78 is 10.6. The molecule has 0 atom stereocenters. The Morgan fingerprint density at radius 3 is 2.33 bits per heavy atom.